The average molecular weight is 896 g/mol. The van der Waals surface area contributed by atoms with Crippen molar-refractivity contribution in [1.29, 1.82) is 0 Å². The summed E-state index contributed by atoms with van der Waals surface area (Å²) in [5.74, 6) is -0.0839. The second kappa shape index (κ2) is 54.9. The average Bonchev–Trinajstić information content (AvgIpc) is 3.31. The number of hydrogen-bond donors (Lipinski definition) is 3. The molecular formula is C61H101NO3. The molecule has 0 aromatic rings. The summed E-state index contributed by atoms with van der Waals surface area (Å²) in [4.78, 5) is 12.4. The van der Waals surface area contributed by atoms with Crippen molar-refractivity contribution in [3.8, 4) is 0 Å². The molecule has 368 valence electrons. The Hall–Kier alpha value is -3.47. The third-order valence-corrected chi connectivity index (χ3v) is 11.3. The van der Waals surface area contributed by atoms with Crippen molar-refractivity contribution in [2.24, 2.45) is 0 Å². The smallest absolute Gasteiger partial charge is 0.220 e. The summed E-state index contributed by atoms with van der Waals surface area (Å²) < 4.78 is 0. The van der Waals surface area contributed by atoms with E-state index in [2.05, 4.69) is 141 Å². The van der Waals surface area contributed by atoms with E-state index in [1.165, 1.54) is 116 Å². The first-order valence-corrected chi connectivity index (χ1v) is 26.9. The van der Waals surface area contributed by atoms with Gasteiger partial charge in [0, 0.05) is 6.42 Å². The van der Waals surface area contributed by atoms with Gasteiger partial charge in [-0.15, -0.1) is 0 Å². The van der Waals surface area contributed by atoms with Crippen LogP contribution in [-0.2, 0) is 4.79 Å². The van der Waals surface area contributed by atoms with Crippen LogP contribution in [-0.4, -0.2) is 34.9 Å². The van der Waals surface area contributed by atoms with Crippen molar-refractivity contribution < 1.29 is 15.0 Å². The van der Waals surface area contributed by atoms with Gasteiger partial charge in [-0.3, -0.25) is 4.79 Å². The van der Waals surface area contributed by atoms with Crippen molar-refractivity contribution in [3.05, 3.63) is 134 Å². The number of hydrogen-bond acceptors (Lipinski definition) is 3. The monoisotopic (exact) mass is 896 g/mol. The zero-order valence-electron chi connectivity index (χ0n) is 42.2. The van der Waals surface area contributed by atoms with Gasteiger partial charge in [0.2, 0.25) is 5.91 Å². The van der Waals surface area contributed by atoms with Gasteiger partial charge in [0.05, 0.1) is 18.8 Å². The van der Waals surface area contributed by atoms with Crippen LogP contribution < -0.4 is 5.32 Å². The summed E-state index contributed by atoms with van der Waals surface area (Å²) in [6.45, 7) is 4.12. The van der Waals surface area contributed by atoms with Gasteiger partial charge in [-0.05, 0) is 103 Å². The molecule has 1 amide bonds. The maximum Gasteiger partial charge on any atom is 0.220 e. The maximum absolute atomic E-state index is 12.4. The van der Waals surface area contributed by atoms with Gasteiger partial charge in [-0.2, -0.15) is 0 Å². The van der Waals surface area contributed by atoms with Crippen LogP contribution in [0.3, 0.4) is 0 Å². The Labute approximate surface area is 402 Å². The lowest BCUT2D eigenvalue weighted by Crippen LogP contribution is -2.45. The highest BCUT2D eigenvalue weighted by Gasteiger charge is 2.17. The number of unbranched alkanes of at least 4 members (excludes halogenated alkanes) is 20. The molecule has 0 bridgehead atoms. The molecular weight excluding hydrogens is 795 g/mol. The van der Waals surface area contributed by atoms with Crippen LogP contribution in [0, 0.1) is 0 Å². The Morgan fingerprint density at radius 1 is 0.385 bits per heavy atom. The van der Waals surface area contributed by atoms with Crippen LogP contribution in [0.4, 0.5) is 0 Å². The molecule has 0 saturated heterocycles. The lowest BCUT2D eigenvalue weighted by atomic mass is 10.0. The first kappa shape index (κ1) is 61.5. The number of amides is 1. The summed E-state index contributed by atoms with van der Waals surface area (Å²) in [7, 11) is 0. The van der Waals surface area contributed by atoms with E-state index in [0.717, 1.165) is 89.9 Å². The molecule has 0 rings (SSSR count). The van der Waals surface area contributed by atoms with Gasteiger partial charge in [-0.25, -0.2) is 0 Å². The number of allylic oxidation sites excluding steroid dienone is 21. The molecule has 0 radical (unpaired) electrons. The van der Waals surface area contributed by atoms with Crippen molar-refractivity contribution >= 4 is 5.91 Å². The second-order valence-corrected chi connectivity index (χ2v) is 17.5. The Balaban J connectivity index is 3.54. The molecule has 0 heterocycles. The van der Waals surface area contributed by atoms with Gasteiger partial charge in [0.15, 0.2) is 0 Å². The molecule has 3 N–H and O–H groups in total. The Bertz CT molecular complexity index is 1340. The Kier molecular flexibility index (Phi) is 51.9. The highest BCUT2D eigenvalue weighted by Crippen LogP contribution is 2.15. The summed E-state index contributed by atoms with van der Waals surface area (Å²) in [6.07, 6.45) is 86.1. The molecule has 4 nitrogen and oxygen atoms in total. The Morgan fingerprint density at radius 3 is 1.08 bits per heavy atom. The third-order valence-electron chi connectivity index (χ3n) is 11.3. The highest BCUT2D eigenvalue weighted by atomic mass is 16.3. The number of carbonyl (C=O) groups excluding carboxylic acids is 1. The molecule has 0 aliphatic rings. The number of aliphatic hydroxyl groups is 2. The van der Waals surface area contributed by atoms with Gasteiger partial charge in [0.25, 0.3) is 0 Å². The predicted octanol–water partition coefficient (Wildman–Crippen LogP) is 17.9. The predicted molar refractivity (Wildman–Crippen MR) is 289 cm³/mol. The molecule has 4 heteroatoms. The fraction of sp³-hybridized carbons (Fsp3) is 0.623. The molecule has 65 heavy (non-hydrogen) atoms. The molecule has 0 aliphatic carbocycles. The van der Waals surface area contributed by atoms with Crippen LogP contribution in [0.15, 0.2) is 134 Å². The zero-order chi connectivity index (χ0) is 47.0. The number of nitrogens with one attached hydrogen (secondary N) is 1. The maximum atomic E-state index is 12.4. The molecule has 0 aromatic carbocycles. The number of carbonyl (C=O) groups is 1. The normalized spacial score (nSPS) is 14.0. The van der Waals surface area contributed by atoms with Crippen LogP contribution in [0.5, 0.6) is 0 Å². The standard InChI is InChI=1S/C61H101NO3/c1-3-5-7-9-11-13-15-17-18-19-20-21-22-23-24-25-26-27-28-29-30-31-32-33-34-35-36-37-38-39-40-41-42-43-44-45-47-49-51-53-55-57-61(65)62-59(58-63)60(64)56-54-52-50-48-46-16-14-12-10-8-6-4-2/h5,7,10-13,17-18,20-21,23-24,26-27,29-30,32-33,46,48,54,56,59-60,63-64H,3-4,6,8-9,14-16,19,22,25,28,31,34-45,47,49-53,55,57-58H2,1-2H3,(H,62,65)/b7-5-,12-10+,13-11-,18-17-,21-20-,24-23-,27-26-,30-29-,33-32-,48-46+,56-54+. The summed E-state index contributed by atoms with van der Waals surface area (Å²) in [6, 6.07) is -0.651. The van der Waals surface area contributed by atoms with Crippen LogP contribution in [0.1, 0.15) is 226 Å². The van der Waals surface area contributed by atoms with Crippen LogP contribution in [0.25, 0.3) is 0 Å². The number of rotatable bonds is 47. The van der Waals surface area contributed by atoms with Crippen molar-refractivity contribution in [2.75, 3.05) is 6.61 Å². The van der Waals surface area contributed by atoms with Crippen molar-refractivity contribution in [1.82, 2.24) is 5.32 Å². The molecule has 0 aromatic heterocycles. The lowest BCUT2D eigenvalue weighted by molar-refractivity contribution is -0.123. The molecule has 0 saturated carbocycles. The van der Waals surface area contributed by atoms with Crippen LogP contribution >= 0.6 is 0 Å². The van der Waals surface area contributed by atoms with E-state index in [1.54, 1.807) is 6.08 Å². The van der Waals surface area contributed by atoms with Gasteiger partial charge in [0.1, 0.15) is 0 Å². The molecule has 0 fully saturated rings. The lowest BCUT2D eigenvalue weighted by Gasteiger charge is -2.19. The minimum atomic E-state index is -0.875. The quantitative estimate of drug-likeness (QED) is 0.0421. The topological polar surface area (TPSA) is 69.6 Å². The first-order valence-electron chi connectivity index (χ1n) is 26.9. The minimum absolute atomic E-state index is 0.0839. The largest absolute Gasteiger partial charge is 0.394 e. The van der Waals surface area contributed by atoms with E-state index in [9.17, 15) is 15.0 Å². The SMILES string of the molecule is CC/C=C\C/C=C\C/C=C\C/C=C\C/C=C\C/C=C\C/C=C\C/C=C\CCCCCCCCCCCCCCCCCCC(=O)NC(CO)C(O)/C=C/CC/C=C/CC/C=C/CCCC. The third kappa shape index (κ3) is 51.4. The molecule has 2 unspecified atom stereocenters. The fourth-order valence-electron chi connectivity index (χ4n) is 7.27. The van der Waals surface area contributed by atoms with E-state index in [4.69, 9.17) is 0 Å². The van der Waals surface area contributed by atoms with Gasteiger partial charge < -0.3 is 15.5 Å². The zero-order valence-corrected chi connectivity index (χ0v) is 42.2. The highest BCUT2D eigenvalue weighted by molar-refractivity contribution is 5.76. The van der Waals surface area contributed by atoms with Gasteiger partial charge in [-0.1, -0.05) is 250 Å². The molecule has 0 aliphatic heterocycles. The minimum Gasteiger partial charge on any atom is -0.394 e. The van der Waals surface area contributed by atoms with E-state index in [-0.39, 0.29) is 12.5 Å². The second-order valence-electron chi connectivity index (χ2n) is 17.5. The first-order chi connectivity index (χ1) is 32.2. The van der Waals surface area contributed by atoms with E-state index < -0.39 is 12.1 Å². The van der Waals surface area contributed by atoms with Crippen LogP contribution in [0.2, 0.25) is 0 Å². The van der Waals surface area contributed by atoms with Gasteiger partial charge >= 0.3 is 0 Å². The van der Waals surface area contributed by atoms with E-state index in [0.29, 0.717) is 6.42 Å². The summed E-state index contributed by atoms with van der Waals surface area (Å²) in [5.41, 5.74) is 0. The summed E-state index contributed by atoms with van der Waals surface area (Å²) >= 11 is 0. The van der Waals surface area contributed by atoms with E-state index >= 15 is 0 Å². The van der Waals surface area contributed by atoms with Crippen molar-refractivity contribution in [2.45, 2.75) is 238 Å². The molecule has 2 atom stereocenters. The summed E-state index contributed by atoms with van der Waals surface area (Å²) in [5, 5.41) is 23.0. The Morgan fingerprint density at radius 2 is 0.692 bits per heavy atom. The number of aliphatic hydroxyl groups excluding tert-OH is 2. The molecule has 0 spiro atoms. The van der Waals surface area contributed by atoms with Crippen molar-refractivity contribution in [3.63, 3.8) is 0 Å². The fourth-order valence-corrected chi connectivity index (χ4v) is 7.27. The van der Waals surface area contributed by atoms with E-state index in [1.807, 2.05) is 6.08 Å².